The van der Waals surface area contributed by atoms with Crippen LogP contribution in [0.5, 0.6) is 5.75 Å². The van der Waals surface area contributed by atoms with E-state index in [4.69, 9.17) is 20.5 Å². The molecule has 0 spiro atoms. The number of rotatable bonds is 6. The van der Waals surface area contributed by atoms with Gasteiger partial charge in [-0.1, -0.05) is 12.1 Å². The summed E-state index contributed by atoms with van der Waals surface area (Å²) in [5.41, 5.74) is 3.30. The number of benzene rings is 2. The van der Waals surface area contributed by atoms with E-state index in [1.807, 2.05) is 0 Å². The van der Waals surface area contributed by atoms with Gasteiger partial charge in [-0.3, -0.25) is 4.79 Å². The monoisotopic (exact) mass is 473 g/mol. The number of anilines is 1. The second kappa shape index (κ2) is 9.19. The number of carbonyl (C=O) groups is 1. The minimum absolute atomic E-state index is 0.0126. The number of hydrogen-bond donors (Lipinski definition) is 1. The molecule has 1 fully saturated rings. The standard InChI is InChI=1S/C21H17F6N3O3/c22-20(23,24)17-8-14(4-3-13(17)9-28)30-10-16(33-19(30)21(25,26)27)11-32-15-5-1-12(2-6-15)7-18(29)31/h1-6,8,16,19H,7,10-11H2,(H2,29,31)/t16-,19+/m0/s1. The van der Waals surface area contributed by atoms with Crippen LogP contribution in [0.15, 0.2) is 42.5 Å². The molecule has 2 aromatic carbocycles. The lowest BCUT2D eigenvalue weighted by molar-refractivity contribution is -0.215. The van der Waals surface area contributed by atoms with E-state index in [9.17, 15) is 31.1 Å². The van der Waals surface area contributed by atoms with Crippen molar-refractivity contribution < 1.29 is 40.6 Å². The van der Waals surface area contributed by atoms with E-state index < -0.39 is 48.3 Å². The lowest BCUT2D eigenvalue weighted by atomic mass is 10.1. The van der Waals surface area contributed by atoms with E-state index in [-0.39, 0.29) is 18.7 Å². The van der Waals surface area contributed by atoms with Crippen LogP contribution in [0.2, 0.25) is 0 Å². The van der Waals surface area contributed by atoms with E-state index in [0.29, 0.717) is 22.3 Å². The van der Waals surface area contributed by atoms with Gasteiger partial charge in [0.15, 0.2) is 0 Å². The summed E-state index contributed by atoms with van der Waals surface area (Å²) < 4.78 is 90.9. The van der Waals surface area contributed by atoms with Gasteiger partial charge in [0, 0.05) is 5.69 Å². The molecule has 176 valence electrons. The van der Waals surface area contributed by atoms with Crippen LogP contribution in [0.1, 0.15) is 16.7 Å². The topological polar surface area (TPSA) is 88.6 Å². The van der Waals surface area contributed by atoms with Crippen molar-refractivity contribution in [1.82, 2.24) is 0 Å². The summed E-state index contributed by atoms with van der Waals surface area (Å²) in [5.74, 6) is -0.232. The number of primary amides is 1. The Balaban J connectivity index is 1.77. The molecular weight excluding hydrogens is 456 g/mol. The number of ether oxygens (including phenoxy) is 2. The summed E-state index contributed by atoms with van der Waals surface area (Å²) in [7, 11) is 0. The molecule has 0 aromatic heterocycles. The Hall–Kier alpha value is -3.46. The molecule has 0 bridgehead atoms. The van der Waals surface area contributed by atoms with Crippen molar-refractivity contribution in [2.75, 3.05) is 18.1 Å². The fourth-order valence-electron chi connectivity index (χ4n) is 3.34. The molecule has 0 aliphatic carbocycles. The molecule has 2 aromatic rings. The first-order valence-electron chi connectivity index (χ1n) is 9.48. The molecule has 0 saturated carbocycles. The number of hydrogen-bond acceptors (Lipinski definition) is 5. The summed E-state index contributed by atoms with van der Waals surface area (Å²) in [5, 5.41) is 8.89. The van der Waals surface area contributed by atoms with Crippen molar-refractivity contribution in [3.63, 3.8) is 0 Å². The molecule has 2 atom stereocenters. The SMILES string of the molecule is N#Cc1ccc(N2C[C@@H](COc3ccc(CC(N)=O)cc3)O[C@@H]2C(F)(F)F)cc1C(F)(F)F. The maximum Gasteiger partial charge on any atom is 0.433 e. The Labute approximate surface area is 184 Å². The van der Waals surface area contributed by atoms with Gasteiger partial charge in [0.05, 0.1) is 30.2 Å². The van der Waals surface area contributed by atoms with Crippen molar-refractivity contribution >= 4 is 11.6 Å². The predicted molar refractivity (Wildman–Crippen MR) is 103 cm³/mol. The Bertz CT molecular complexity index is 1050. The second-order valence-electron chi connectivity index (χ2n) is 7.24. The number of carbonyl (C=O) groups excluding carboxylic acids is 1. The highest BCUT2D eigenvalue weighted by atomic mass is 19.4. The molecule has 6 nitrogen and oxygen atoms in total. The van der Waals surface area contributed by atoms with Crippen LogP contribution in [0, 0.1) is 11.3 Å². The molecule has 1 saturated heterocycles. The van der Waals surface area contributed by atoms with Crippen LogP contribution >= 0.6 is 0 Å². The number of nitriles is 1. The zero-order valence-electron chi connectivity index (χ0n) is 16.8. The fourth-order valence-corrected chi connectivity index (χ4v) is 3.34. The molecule has 0 unspecified atom stereocenters. The van der Waals surface area contributed by atoms with Crippen molar-refractivity contribution in [2.45, 2.75) is 31.1 Å². The minimum Gasteiger partial charge on any atom is -0.491 e. The molecule has 12 heteroatoms. The molecule has 1 amide bonds. The fraction of sp³-hybridized carbons (Fsp3) is 0.333. The summed E-state index contributed by atoms with van der Waals surface area (Å²) in [6.07, 6.45) is -13.4. The highest BCUT2D eigenvalue weighted by molar-refractivity contribution is 5.76. The maximum atomic E-state index is 13.5. The lowest BCUT2D eigenvalue weighted by Crippen LogP contribution is -2.42. The summed E-state index contributed by atoms with van der Waals surface area (Å²) >= 11 is 0. The van der Waals surface area contributed by atoms with Crippen LogP contribution in [-0.4, -0.2) is 37.6 Å². The van der Waals surface area contributed by atoms with E-state index >= 15 is 0 Å². The molecule has 1 aliphatic heterocycles. The predicted octanol–water partition coefficient (Wildman–Crippen LogP) is 3.78. The molecule has 33 heavy (non-hydrogen) atoms. The van der Waals surface area contributed by atoms with E-state index in [1.54, 1.807) is 12.1 Å². The van der Waals surface area contributed by atoms with Gasteiger partial charge in [0.1, 0.15) is 18.5 Å². The Morgan fingerprint density at radius 3 is 2.36 bits per heavy atom. The van der Waals surface area contributed by atoms with Crippen LogP contribution in [0.4, 0.5) is 32.0 Å². The van der Waals surface area contributed by atoms with E-state index in [1.165, 1.54) is 18.2 Å². The number of alkyl halides is 6. The molecule has 1 aliphatic rings. The first kappa shape index (κ1) is 24.2. The maximum absolute atomic E-state index is 13.5. The Kier molecular flexibility index (Phi) is 6.73. The van der Waals surface area contributed by atoms with E-state index in [0.717, 1.165) is 12.1 Å². The Morgan fingerprint density at radius 1 is 1.15 bits per heavy atom. The molecule has 0 radical (unpaired) electrons. The van der Waals surface area contributed by atoms with Gasteiger partial charge >= 0.3 is 12.4 Å². The number of nitrogens with zero attached hydrogens (tertiary/aromatic N) is 2. The summed E-state index contributed by atoms with van der Waals surface area (Å²) in [6.45, 7) is -0.701. The largest absolute Gasteiger partial charge is 0.491 e. The number of halogens is 6. The summed E-state index contributed by atoms with van der Waals surface area (Å²) in [4.78, 5) is 11.6. The van der Waals surface area contributed by atoms with E-state index in [2.05, 4.69) is 0 Å². The minimum atomic E-state index is -4.92. The van der Waals surface area contributed by atoms with Crippen molar-refractivity contribution in [1.29, 1.82) is 5.26 Å². The highest BCUT2D eigenvalue weighted by Gasteiger charge is 2.51. The third kappa shape index (κ3) is 5.87. The average molecular weight is 473 g/mol. The quantitative estimate of drug-likeness (QED) is 0.646. The van der Waals surface area contributed by atoms with Crippen LogP contribution in [-0.2, 0) is 22.1 Å². The van der Waals surface area contributed by atoms with Crippen LogP contribution in [0.3, 0.4) is 0 Å². The van der Waals surface area contributed by atoms with Crippen LogP contribution in [0.25, 0.3) is 0 Å². The third-order valence-electron chi connectivity index (χ3n) is 4.78. The first-order chi connectivity index (χ1) is 15.4. The smallest absolute Gasteiger partial charge is 0.433 e. The average Bonchev–Trinajstić information content (AvgIpc) is 3.17. The van der Waals surface area contributed by atoms with Crippen molar-refractivity contribution in [3.05, 3.63) is 59.2 Å². The summed E-state index contributed by atoms with van der Waals surface area (Å²) in [6, 6.07) is 9.86. The van der Waals surface area contributed by atoms with Crippen molar-refractivity contribution in [2.24, 2.45) is 5.73 Å². The van der Waals surface area contributed by atoms with Gasteiger partial charge in [-0.15, -0.1) is 0 Å². The zero-order chi connectivity index (χ0) is 24.4. The molecule has 2 N–H and O–H groups in total. The molecular formula is C21H17F6N3O3. The van der Waals surface area contributed by atoms with Crippen LogP contribution < -0.4 is 15.4 Å². The molecule has 3 rings (SSSR count). The zero-order valence-corrected chi connectivity index (χ0v) is 16.8. The van der Waals surface area contributed by atoms with Gasteiger partial charge in [-0.05, 0) is 35.9 Å². The van der Waals surface area contributed by atoms with Gasteiger partial charge in [-0.25, -0.2) is 0 Å². The Morgan fingerprint density at radius 2 is 1.82 bits per heavy atom. The normalized spacial score (nSPS) is 18.8. The number of amides is 1. The molecule has 1 heterocycles. The lowest BCUT2D eigenvalue weighted by Gasteiger charge is -2.27. The van der Waals surface area contributed by atoms with Gasteiger partial charge in [0.25, 0.3) is 0 Å². The van der Waals surface area contributed by atoms with Gasteiger partial charge < -0.3 is 20.1 Å². The number of nitrogens with two attached hydrogens (primary N) is 1. The van der Waals surface area contributed by atoms with Crippen molar-refractivity contribution in [3.8, 4) is 11.8 Å². The van der Waals surface area contributed by atoms with Gasteiger partial charge in [-0.2, -0.15) is 31.6 Å². The van der Waals surface area contributed by atoms with Gasteiger partial charge in [0.2, 0.25) is 12.1 Å². The second-order valence-corrected chi connectivity index (χ2v) is 7.24. The first-order valence-corrected chi connectivity index (χ1v) is 9.48. The third-order valence-corrected chi connectivity index (χ3v) is 4.78. The highest BCUT2D eigenvalue weighted by Crippen LogP contribution is 2.39.